The average Bonchev–Trinajstić information content (AvgIpc) is 2.75. The van der Waals surface area contributed by atoms with Crippen LogP contribution in [0, 0.1) is 11.3 Å². The van der Waals surface area contributed by atoms with E-state index in [2.05, 4.69) is 63.2 Å². The lowest BCUT2D eigenvalue weighted by atomic mass is 9.58. The summed E-state index contributed by atoms with van der Waals surface area (Å²) in [6.45, 7) is 3.38. The first-order chi connectivity index (χ1) is 15.1. The molecule has 1 aliphatic carbocycles. The van der Waals surface area contributed by atoms with Crippen LogP contribution < -0.4 is 15.5 Å². The molecular weight excluding hydrogens is 388 g/mol. The molecule has 31 heavy (non-hydrogen) atoms. The smallest absolute Gasteiger partial charge is 0.223 e. The number of carbonyl (C=O) groups excluding carboxylic acids is 1. The Morgan fingerprint density at radius 3 is 2.77 bits per heavy atom. The molecule has 5 rings (SSSR count). The van der Waals surface area contributed by atoms with Gasteiger partial charge in [-0.25, -0.2) is 9.99 Å². The van der Waals surface area contributed by atoms with Crippen LogP contribution in [-0.2, 0) is 17.9 Å². The van der Waals surface area contributed by atoms with E-state index in [0.29, 0.717) is 17.8 Å². The Balaban J connectivity index is 1.06. The minimum Gasteiger partial charge on any atom is -0.481 e. The van der Waals surface area contributed by atoms with Crippen molar-refractivity contribution in [2.75, 3.05) is 20.2 Å². The Hall–Kier alpha value is -2.96. The van der Waals surface area contributed by atoms with Gasteiger partial charge in [0.05, 0.1) is 7.11 Å². The molecular formula is C25H28N4O2. The molecule has 1 aromatic heterocycles. The van der Waals surface area contributed by atoms with Gasteiger partial charge in [0.2, 0.25) is 11.8 Å². The van der Waals surface area contributed by atoms with Crippen LogP contribution in [0.25, 0.3) is 10.8 Å². The number of pyridine rings is 1. The summed E-state index contributed by atoms with van der Waals surface area (Å²) < 4.78 is 5.14. The van der Waals surface area contributed by atoms with Crippen LogP contribution in [-0.4, -0.2) is 36.1 Å². The Morgan fingerprint density at radius 2 is 1.94 bits per heavy atom. The fraction of sp³-hybridized carbons (Fsp3) is 0.360. The normalized spacial score (nSPS) is 17.8. The number of hydrogen-bond donors (Lipinski definition) is 2. The van der Waals surface area contributed by atoms with E-state index >= 15 is 0 Å². The first kappa shape index (κ1) is 20.0. The van der Waals surface area contributed by atoms with Gasteiger partial charge in [-0.3, -0.25) is 10.2 Å². The van der Waals surface area contributed by atoms with Crippen molar-refractivity contribution in [3.05, 3.63) is 71.9 Å². The predicted octanol–water partition coefficient (Wildman–Crippen LogP) is 3.28. The summed E-state index contributed by atoms with van der Waals surface area (Å²) in [4.78, 5) is 16.6. The molecule has 1 spiro atoms. The molecule has 160 valence electrons. The summed E-state index contributed by atoms with van der Waals surface area (Å²) in [6, 6.07) is 18.7. The number of methoxy groups -OCH3 is 1. The van der Waals surface area contributed by atoms with Crippen molar-refractivity contribution in [2.45, 2.75) is 25.9 Å². The summed E-state index contributed by atoms with van der Waals surface area (Å²) >= 11 is 0. The molecule has 0 radical (unpaired) electrons. The van der Waals surface area contributed by atoms with E-state index < -0.39 is 0 Å². The summed E-state index contributed by atoms with van der Waals surface area (Å²) in [7, 11) is 1.59. The van der Waals surface area contributed by atoms with Crippen LogP contribution >= 0.6 is 0 Å². The first-order valence-electron chi connectivity index (χ1n) is 10.9. The minimum atomic E-state index is 0.129. The van der Waals surface area contributed by atoms with E-state index in [-0.39, 0.29) is 11.8 Å². The number of ether oxygens (including phenoxy) is 1. The van der Waals surface area contributed by atoms with Gasteiger partial charge in [-0.15, -0.1) is 0 Å². The lowest BCUT2D eigenvalue weighted by Crippen LogP contribution is -2.67. The van der Waals surface area contributed by atoms with E-state index in [9.17, 15) is 4.79 Å². The maximum atomic E-state index is 12.5. The van der Waals surface area contributed by atoms with Crippen molar-refractivity contribution in [2.24, 2.45) is 11.3 Å². The first-order valence-corrected chi connectivity index (χ1v) is 10.9. The van der Waals surface area contributed by atoms with Gasteiger partial charge in [-0.05, 0) is 40.8 Å². The summed E-state index contributed by atoms with van der Waals surface area (Å²) in [6.07, 6.45) is 3.66. The van der Waals surface area contributed by atoms with Gasteiger partial charge in [0.15, 0.2) is 0 Å². The highest BCUT2D eigenvalue weighted by Crippen LogP contribution is 2.51. The Bertz CT molecular complexity index is 1080. The number of nitrogens with zero attached hydrogens (tertiary/aromatic N) is 2. The topological polar surface area (TPSA) is 66.5 Å². The number of rotatable bonds is 7. The zero-order chi connectivity index (χ0) is 21.3. The van der Waals surface area contributed by atoms with Gasteiger partial charge in [0.25, 0.3) is 0 Å². The maximum absolute atomic E-state index is 12.5. The van der Waals surface area contributed by atoms with Crippen LogP contribution in [0.5, 0.6) is 5.88 Å². The molecule has 2 aromatic carbocycles. The summed E-state index contributed by atoms with van der Waals surface area (Å²) in [5.41, 5.74) is 6.20. The van der Waals surface area contributed by atoms with Crippen LogP contribution in [0.2, 0.25) is 0 Å². The van der Waals surface area contributed by atoms with Crippen molar-refractivity contribution in [1.29, 1.82) is 0 Å². The highest BCUT2D eigenvalue weighted by molar-refractivity contribution is 5.85. The lowest BCUT2D eigenvalue weighted by Gasteiger charge is -2.58. The number of carbonyl (C=O) groups is 1. The van der Waals surface area contributed by atoms with Crippen LogP contribution in [0.1, 0.15) is 24.0 Å². The third kappa shape index (κ3) is 4.13. The van der Waals surface area contributed by atoms with Crippen molar-refractivity contribution in [1.82, 2.24) is 20.7 Å². The van der Waals surface area contributed by atoms with E-state index in [1.807, 2.05) is 12.1 Å². The molecule has 1 aliphatic heterocycles. The van der Waals surface area contributed by atoms with E-state index in [1.165, 1.54) is 16.3 Å². The Labute approximate surface area is 182 Å². The molecule has 0 atom stereocenters. The number of nitrogens with one attached hydrogen (secondary N) is 2. The van der Waals surface area contributed by atoms with E-state index in [0.717, 1.165) is 38.0 Å². The van der Waals surface area contributed by atoms with Gasteiger partial charge >= 0.3 is 0 Å². The fourth-order valence-electron chi connectivity index (χ4n) is 4.95. The highest BCUT2D eigenvalue weighted by Gasteiger charge is 2.54. The van der Waals surface area contributed by atoms with Gasteiger partial charge in [0.1, 0.15) is 0 Å². The molecule has 0 bridgehead atoms. The van der Waals surface area contributed by atoms with Crippen molar-refractivity contribution < 1.29 is 9.53 Å². The number of benzene rings is 2. The fourth-order valence-corrected chi connectivity index (χ4v) is 4.95. The van der Waals surface area contributed by atoms with Crippen LogP contribution in [0.4, 0.5) is 0 Å². The highest BCUT2D eigenvalue weighted by atomic mass is 16.5. The zero-order valence-corrected chi connectivity index (χ0v) is 17.8. The van der Waals surface area contributed by atoms with Crippen LogP contribution in [0.3, 0.4) is 0 Å². The monoisotopic (exact) mass is 416 g/mol. The molecule has 2 heterocycles. The largest absolute Gasteiger partial charge is 0.481 e. The number of hydrazine groups is 1. The van der Waals surface area contributed by atoms with E-state index in [4.69, 9.17) is 4.74 Å². The molecule has 1 amide bonds. The molecule has 3 aromatic rings. The Kier molecular flexibility index (Phi) is 5.34. The standard InChI is InChI=1S/C25H28N4O2/c1-31-23-11-18(9-10-26-23)14-27-24(30)21-12-25(13-21)16-29(17-25)28-15-20-7-4-6-19-5-2-3-8-22(19)20/h2-11,21,28H,12-17H2,1H3,(H,27,30). The van der Waals surface area contributed by atoms with Gasteiger partial charge < -0.3 is 10.1 Å². The van der Waals surface area contributed by atoms with Gasteiger partial charge in [0, 0.05) is 49.8 Å². The van der Waals surface area contributed by atoms with Crippen molar-refractivity contribution in [3.63, 3.8) is 0 Å². The SMILES string of the molecule is COc1cc(CNC(=O)C2CC3(C2)CN(NCc2cccc4ccccc24)C3)ccn1. The Morgan fingerprint density at radius 1 is 1.13 bits per heavy atom. The second-order valence-electron chi connectivity index (χ2n) is 8.86. The molecule has 6 nitrogen and oxygen atoms in total. The van der Waals surface area contributed by atoms with Gasteiger partial charge in [-0.2, -0.15) is 0 Å². The molecule has 2 aliphatic rings. The van der Waals surface area contributed by atoms with Crippen molar-refractivity contribution >= 4 is 16.7 Å². The molecule has 1 saturated carbocycles. The second-order valence-corrected chi connectivity index (χ2v) is 8.86. The quantitative estimate of drug-likeness (QED) is 0.619. The summed E-state index contributed by atoms with van der Waals surface area (Å²) in [5.74, 6) is 0.854. The molecule has 6 heteroatoms. The average molecular weight is 417 g/mol. The second kappa shape index (κ2) is 8.29. The van der Waals surface area contributed by atoms with E-state index in [1.54, 1.807) is 13.3 Å². The number of amides is 1. The third-order valence-electron chi connectivity index (χ3n) is 6.63. The van der Waals surface area contributed by atoms with Crippen LogP contribution in [0.15, 0.2) is 60.8 Å². The lowest BCUT2D eigenvalue weighted by molar-refractivity contribution is -0.150. The molecule has 2 N–H and O–H groups in total. The third-order valence-corrected chi connectivity index (χ3v) is 6.63. The van der Waals surface area contributed by atoms with Gasteiger partial charge in [-0.1, -0.05) is 42.5 Å². The maximum Gasteiger partial charge on any atom is 0.223 e. The molecule has 0 unspecified atom stereocenters. The van der Waals surface area contributed by atoms with Crippen molar-refractivity contribution in [3.8, 4) is 5.88 Å². The molecule has 1 saturated heterocycles. The zero-order valence-electron chi connectivity index (χ0n) is 17.8. The number of aromatic nitrogens is 1. The number of fused-ring (bicyclic) bond motifs is 1. The molecule has 2 fully saturated rings. The number of hydrogen-bond acceptors (Lipinski definition) is 5. The predicted molar refractivity (Wildman–Crippen MR) is 120 cm³/mol. The summed E-state index contributed by atoms with van der Waals surface area (Å²) in [5, 5.41) is 7.94. The minimum absolute atomic E-state index is 0.129.